The maximum Gasteiger partial charge on any atom is 0.103 e. The molecule has 2 rings (SSSR count). The van der Waals surface area contributed by atoms with Crippen LogP contribution in [0.25, 0.3) is 0 Å². The van der Waals surface area contributed by atoms with Crippen molar-refractivity contribution < 1.29 is 4.74 Å². The minimum Gasteiger partial charge on any atom is -0.368 e. The number of rotatable bonds is 2. The summed E-state index contributed by atoms with van der Waals surface area (Å²) in [7, 11) is 0. The molecule has 2 fully saturated rings. The molecule has 12 heavy (non-hydrogen) atoms. The quantitative estimate of drug-likeness (QED) is 0.655. The molecule has 1 heterocycles. The van der Waals surface area contributed by atoms with Gasteiger partial charge in [-0.1, -0.05) is 19.8 Å². The van der Waals surface area contributed by atoms with Gasteiger partial charge < -0.3 is 4.74 Å². The van der Waals surface area contributed by atoms with Gasteiger partial charge in [0.05, 0.1) is 0 Å². The maximum absolute atomic E-state index is 5.64. The Morgan fingerprint density at radius 3 is 2.58 bits per heavy atom. The van der Waals surface area contributed by atoms with Gasteiger partial charge in [0.1, 0.15) is 5.44 Å². The standard InChI is InChI=1S/C10H18OS/c1-10(6-2-3-7-10)12-9-5-4-8-11-9/h9H,2-8H2,1H3. The molecule has 0 aromatic rings. The maximum atomic E-state index is 5.64. The van der Waals surface area contributed by atoms with Crippen LogP contribution >= 0.6 is 11.8 Å². The van der Waals surface area contributed by atoms with E-state index in [9.17, 15) is 0 Å². The normalized spacial score (nSPS) is 34.2. The van der Waals surface area contributed by atoms with Crippen molar-refractivity contribution in [3.05, 3.63) is 0 Å². The minimum atomic E-state index is 0.521. The molecule has 0 spiro atoms. The van der Waals surface area contributed by atoms with Gasteiger partial charge in [-0.3, -0.25) is 0 Å². The van der Waals surface area contributed by atoms with Crippen molar-refractivity contribution in [3.63, 3.8) is 0 Å². The molecule has 0 radical (unpaired) electrons. The molecule has 1 nitrogen and oxygen atoms in total. The van der Waals surface area contributed by atoms with Crippen LogP contribution < -0.4 is 0 Å². The first-order valence-electron chi connectivity index (χ1n) is 5.08. The van der Waals surface area contributed by atoms with Crippen LogP contribution in [0.4, 0.5) is 0 Å². The van der Waals surface area contributed by atoms with E-state index in [1.165, 1.54) is 38.5 Å². The molecule has 1 atom stereocenters. The molecule has 1 unspecified atom stereocenters. The molecular formula is C10H18OS. The summed E-state index contributed by atoms with van der Waals surface area (Å²) in [5, 5.41) is 0. The van der Waals surface area contributed by atoms with Gasteiger partial charge in [-0.15, -0.1) is 11.8 Å². The molecule has 2 aliphatic rings. The summed E-state index contributed by atoms with van der Waals surface area (Å²) in [4.78, 5) is 0. The van der Waals surface area contributed by atoms with Crippen LogP contribution in [-0.4, -0.2) is 16.8 Å². The molecule has 1 saturated heterocycles. The Hall–Kier alpha value is 0.310. The van der Waals surface area contributed by atoms with E-state index < -0.39 is 0 Å². The van der Waals surface area contributed by atoms with E-state index in [2.05, 4.69) is 18.7 Å². The van der Waals surface area contributed by atoms with Gasteiger partial charge in [0, 0.05) is 11.4 Å². The third-order valence-corrected chi connectivity index (χ3v) is 4.58. The molecule has 0 aromatic carbocycles. The highest BCUT2D eigenvalue weighted by Crippen LogP contribution is 2.45. The van der Waals surface area contributed by atoms with Crippen molar-refractivity contribution >= 4 is 11.8 Å². The van der Waals surface area contributed by atoms with Crippen LogP contribution in [-0.2, 0) is 4.74 Å². The lowest BCUT2D eigenvalue weighted by Crippen LogP contribution is -2.19. The van der Waals surface area contributed by atoms with Crippen molar-refractivity contribution in [2.24, 2.45) is 0 Å². The molecular weight excluding hydrogens is 168 g/mol. The Morgan fingerprint density at radius 1 is 1.25 bits per heavy atom. The first-order chi connectivity index (χ1) is 5.79. The van der Waals surface area contributed by atoms with Crippen molar-refractivity contribution in [3.8, 4) is 0 Å². The zero-order chi connectivity index (χ0) is 8.44. The second-order valence-corrected chi connectivity index (χ2v) is 5.96. The Labute approximate surface area is 79.2 Å². The zero-order valence-electron chi connectivity index (χ0n) is 7.84. The van der Waals surface area contributed by atoms with Gasteiger partial charge in [0.25, 0.3) is 0 Å². The van der Waals surface area contributed by atoms with E-state index in [4.69, 9.17) is 4.74 Å². The predicted molar refractivity (Wildman–Crippen MR) is 53.4 cm³/mol. The summed E-state index contributed by atoms with van der Waals surface area (Å²) in [5.74, 6) is 0. The fourth-order valence-corrected chi connectivity index (χ4v) is 3.81. The van der Waals surface area contributed by atoms with Crippen molar-refractivity contribution in [2.45, 2.75) is 55.6 Å². The van der Waals surface area contributed by atoms with E-state index in [1.807, 2.05) is 0 Å². The third-order valence-electron chi connectivity index (χ3n) is 2.97. The number of ether oxygens (including phenoxy) is 1. The average Bonchev–Trinajstić information content (AvgIpc) is 2.62. The predicted octanol–water partition coefficient (Wildman–Crippen LogP) is 3.19. The first kappa shape index (κ1) is 8.89. The van der Waals surface area contributed by atoms with Crippen molar-refractivity contribution in [2.75, 3.05) is 6.61 Å². The molecule has 1 saturated carbocycles. The van der Waals surface area contributed by atoms with Crippen LogP contribution in [0.15, 0.2) is 0 Å². The summed E-state index contributed by atoms with van der Waals surface area (Å²) in [6.07, 6.45) is 8.20. The molecule has 0 N–H and O–H groups in total. The van der Waals surface area contributed by atoms with Gasteiger partial charge in [-0.05, 0) is 25.7 Å². The molecule has 0 bridgehead atoms. The van der Waals surface area contributed by atoms with Gasteiger partial charge in [0.15, 0.2) is 0 Å². The van der Waals surface area contributed by atoms with Gasteiger partial charge in [0.2, 0.25) is 0 Å². The van der Waals surface area contributed by atoms with Crippen LogP contribution in [0, 0.1) is 0 Å². The van der Waals surface area contributed by atoms with Crippen LogP contribution in [0.1, 0.15) is 45.4 Å². The second kappa shape index (κ2) is 3.59. The van der Waals surface area contributed by atoms with Crippen LogP contribution in [0.5, 0.6) is 0 Å². The molecule has 70 valence electrons. The van der Waals surface area contributed by atoms with Crippen LogP contribution in [0.3, 0.4) is 0 Å². The van der Waals surface area contributed by atoms with Crippen molar-refractivity contribution in [1.29, 1.82) is 0 Å². The highest BCUT2D eigenvalue weighted by molar-refractivity contribution is 8.01. The Morgan fingerprint density at radius 2 is 2.00 bits per heavy atom. The van der Waals surface area contributed by atoms with Crippen LogP contribution in [0.2, 0.25) is 0 Å². The SMILES string of the molecule is CC1(SC2CCCO2)CCCC1. The highest BCUT2D eigenvalue weighted by atomic mass is 32.2. The highest BCUT2D eigenvalue weighted by Gasteiger charge is 2.33. The molecule has 1 aliphatic carbocycles. The minimum absolute atomic E-state index is 0.521. The lowest BCUT2D eigenvalue weighted by atomic mass is 10.1. The summed E-state index contributed by atoms with van der Waals surface area (Å²) < 4.78 is 6.19. The van der Waals surface area contributed by atoms with Gasteiger partial charge >= 0.3 is 0 Å². The third kappa shape index (κ3) is 1.97. The lowest BCUT2D eigenvalue weighted by Gasteiger charge is -2.25. The molecule has 1 aliphatic heterocycles. The van der Waals surface area contributed by atoms with Gasteiger partial charge in [-0.25, -0.2) is 0 Å². The van der Waals surface area contributed by atoms with E-state index in [1.54, 1.807) is 0 Å². The fourth-order valence-electron chi connectivity index (χ4n) is 2.20. The second-order valence-electron chi connectivity index (χ2n) is 4.22. The Bertz CT molecular complexity index is 146. The Balaban J connectivity index is 1.83. The average molecular weight is 186 g/mol. The molecule has 0 amide bonds. The summed E-state index contributed by atoms with van der Waals surface area (Å²) in [6.45, 7) is 3.40. The molecule has 2 heteroatoms. The molecule has 0 aromatic heterocycles. The van der Waals surface area contributed by atoms with E-state index in [0.29, 0.717) is 10.2 Å². The summed E-state index contributed by atoms with van der Waals surface area (Å²) in [6, 6.07) is 0. The Kier molecular flexibility index (Phi) is 2.66. The number of thioether (sulfide) groups is 1. The lowest BCUT2D eigenvalue weighted by molar-refractivity contribution is 0.172. The van der Waals surface area contributed by atoms with E-state index in [0.717, 1.165) is 6.61 Å². The zero-order valence-corrected chi connectivity index (χ0v) is 8.66. The number of hydrogen-bond donors (Lipinski definition) is 0. The number of hydrogen-bond acceptors (Lipinski definition) is 2. The van der Waals surface area contributed by atoms with E-state index in [-0.39, 0.29) is 0 Å². The first-order valence-corrected chi connectivity index (χ1v) is 5.96. The fraction of sp³-hybridized carbons (Fsp3) is 1.00. The topological polar surface area (TPSA) is 9.23 Å². The monoisotopic (exact) mass is 186 g/mol. The summed E-state index contributed by atoms with van der Waals surface area (Å²) in [5.41, 5.74) is 0.521. The smallest absolute Gasteiger partial charge is 0.103 e. The van der Waals surface area contributed by atoms with E-state index >= 15 is 0 Å². The largest absolute Gasteiger partial charge is 0.368 e. The van der Waals surface area contributed by atoms with Crippen molar-refractivity contribution in [1.82, 2.24) is 0 Å². The summed E-state index contributed by atoms with van der Waals surface area (Å²) >= 11 is 2.09. The van der Waals surface area contributed by atoms with Gasteiger partial charge in [-0.2, -0.15) is 0 Å².